The Hall–Kier alpha value is -1.38. The Morgan fingerprint density at radius 1 is 0.733 bits per heavy atom. The van der Waals surface area contributed by atoms with Crippen molar-refractivity contribution in [3.8, 4) is 0 Å². The molecule has 0 aromatic rings. The number of esters is 2. The predicted molar refractivity (Wildman–Crippen MR) is 50.3 cm³/mol. The van der Waals surface area contributed by atoms with E-state index in [9.17, 15) is 9.59 Å². The molecule has 1 saturated carbocycles. The fraction of sp³-hybridized carbons (Fsp3) is 0.500. The summed E-state index contributed by atoms with van der Waals surface area (Å²) in [6.45, 7) is 0. The summed E-state index contributed by atoms with van der Waals surface area (Å²) in [5, 5.41) is 0. The zero-order valence-corrected chi connectivity index (χ0v) is 8.00. The molecule has 0 radical (unpaired) electrons. The average Bonchev–Trinajstić information content (AvgIpc) is 2.44. The summed E-state index contributed by atoms with van der Waals surface area (Å²) >= 11 is 0. The highest BCUT2D eigenvalue weighted by molar-refractivity contribution is 5.97. The summed E-state index contributed by atoms with van der Waals surface area (Å²) in [4.78, 5) is 23.2. The van der Waals surface area contributed by atoms with Gasteiger partial charge in [0.15, 0.2) is 0 Å². The van der Waals surface area contributed by atoms with Gasteiger partial charge in [0.05, 0.1) is 11.8 Å². The normalized spacial score (nSPS) is 53.6. The van der Waals surface area contributed by atoms with Crippen molar-refractivity contribution in [1.82, 2.24) is 0 Å². The zero-order chi connectivity index (χ0) is 10.2. The number of carbonyl (C=O) groups is 2. The van der Waals surface area contributed by atoms with Crippen molar-refractivity contribution >= 4 is 11.9 Å². The molecule has 3 heteroatoms. The van der Waals surface area contributed by atoms with Gasteiger partial charge in [-0.15, -0.1) is 0 Å². The van der Waals surface area contributed by atoms with Crippen LogP contribution in [-0.4, -0.2) is 11.9 Å². The number of hydrogen-bond donors (Lipinski definition) is 0. The molecule has 5 aliphatic rings. The van der Waals surface area contributed by atoms with E-state index in [4.69, 9.17) is 4.74 Å². The van der Waals surface area contributed by atoms with Gasteiger partial charge in [0.2, 0.25) is 0 Å². The quantitative estimate of drug-likeness (QED) is 0.333. The summed E-state index contributed by atoms with van der Waals surface area (Å²) in [6.07, 6.45) is 8.54. The zero-order valence-electron chi connectivity index (χ0n) is 8.00. The van der Waals surface area contributed by atoms with Gasteiger partial charge in [-0.05, 0) is 23.7 Å². The van der Waals surface area contributed by atoms with Crippen LogP contribution in [0.1, 0.15) is 0 Å². The Kier molecular flexibility index (Phi) is 1.17. The molecule has 0 amide bonds. The molecule has 1 heterocycles. The first-order chi connectivity index (χ1) is 7.27. The van der Waals surface area contributed by atoms with E-state index in [0.29, 0.717) is 11.8 Å². The van der Waals surface area contributed by atoms with E-state index in [0.717, 1.165) is 0 Å². The summed E-state index contributed by atoms with van der Waals surface area (Å²) < 4.78 is 4.77. The van der Waals surface area contributed by atoms with Gasteiger partial charge in [-0.3, -0.25) is 9.59 Å². The van der Waals surface area contributed by atoms with Crippen LogP contribution in [0.5, 0.6) is 0 Å². The molecule has 76 valence electrons. The molecule has 0 spiro atoms. The smallest absolute Gasteiger partial charge is 0.318 e. The van der Waals surface area contributed by atoms with Crippen molar-refractivity contribution in [3.05, 3.63) is 24.3 Å². The van der Waals surface area contributed by atoms with E-state index in [-0.39, 0.29) is 35.6 Å². The Morgan fingerprint density at radius 3 is 1.53 bits per heavy atom. The molecule has 1 saturated heterocycles. The predicted octanol–water partition coefficient (Wildman–Crippen LogP) is 0.920. The van der Waals surface area contributed by atoms with Gasteiger partial charge >= 0.3 is 11.9 Å². The van der Waals surface area contributed by atoms with Crippen LogP contribution in [0, 0.1) is 35.5 Å². The molecule has 0 N–H and O–H groups in total. The van der Waals surface area contributed by atoms with Crippen molar-refractivity contribution in [2.75, 3.05) is 0 Å². The highest BCUT2D eigenvalue weighted by Gasteiger charge is 2.61. The van der Waals surface area contributed by atoms with E-state index in [1.54, 1.807) is 0 Å². The van der Waals surface area contributed by atoms with Crippen LogP contribution in [0.25, 0.3) is 0 Å². The first-order valence-electron chi connectivity index (χ1n) is 5.39. The lowest BCUT2D eigenvalue weighted by molar-refractivity contribution is -0.154. The minimum absolute atomic E-state index is 0.196. The number of ether oxygens (including phenoxy) is 1. The minimum atomic E-state index is -0.303. The highest BCUT2D eigenvalue weighted by Crippen LogP contribution is 2.58. The molecule has 2 fully saturated rings. The minimum Gasteiger partial charge on any atom is -0.393 e. The molecule has 0 aromatic carbocycles. The Bertz CT molecular complexity index is 396. The van der Waals surface area contributed by atoms with E-state index >= 15 is 0 Å². The number of cyclic esters (lactones) is 2. The lowest BCUT2D eigenvalue weighted by Crippen LogP contribution is -2.50. The second-order valence-electron chi connectivity index (χ2n) is 4.87. The Morgan fingerprint density at radius 2 is 1.13 bits per heavy atom. The van der Waals surface area contributed by atoms with E-state index in [1.165, 1.54) is 0 Å². The SMILES string of the molecule is O=C1OC(=O)[C@@H]2[C@H]3C=C[C@@H]([C@H]4C=C[C@@H]43)[C@@H]12. The summed E-state index contributed by atoms with van der Waals surface area (Å²) in [5.74, 6) is 0.353. The van der Waals surface area contributed by atoms with Crippen molar-refractivity contribution in [2.24, 2.45) is 35.5 Å². The fourth-order valence-corrected chi connectivity index (χ4v) is 3.69. The molecule has 1 aliphatic heterocycles. The second kappa shape index (κ2) is 2.23. The highest BCUT2D eigenvalue weighted by atomic mass is 16.6. The molecule has 2 bridgehead atoms. The van der Waals surface area contributed by atoms with Crippen LogP contribution in [-0.2, 0) is 14.3 Å². The summed E-state index contributed by atoms with van der Waals surface area (Å²) in [6, 6.07) is 0. The maximum atomic E-state index is 11.6. The monoisotopic (exact) mass is 202 g/mol. The number of rotatable bonds is 0. The molecule has 5 rings (SSSR count). The molecular formula is C12H10O3. The molecule has 3 nitrogen and oxygen atoms in total. The maximum absolute atomic E-state index is 11.6. The van der Waals surface area contributed by atoms with Gasteiger partial charge < -0.3 is 4.74 Å². The van der Waals surface area contributed by atoms with Crippen LogP contribution >= 0.6 is 0 Å². The van der Waals surface area contributed by atoms with Crippen molar-refractivity contribution in [3.63, 3.8) is 0 Å². The summed E-state index contributed by atoms with van der Waals surface area (Å²) in [7, 11) is 0. The van der Waals surface area contributed by atoms with Crippen LogP contribution in [0.4, 0.5) is 0 Å². The van der Waals surface area contributed by atoms with Crippen molar-refractivity contribution in [1.29, 1.82) is 0 Å². The number of allylic oxidation sites excluding steroid dienone is 4. The number of hydrogen-bond acceptors (Lipinski definition) is 3. The largest absolute Gasteiger partial charge is 0.393 e. The van der Waals surface area contributed by atoms with Crippen LogP contribution in [0.15, 0.2) is 24.3 Å². The molecule has 0 unspecified atom stereocenters. The molecule has 15 heavy (non-hydrogen) atoms. The third-order valence-corrected chi connectivity index (χ3v) is 4.41. The first-order valence-corrected chi connectivity index (χ1v) is 5.39. The third-order valence-electron chi connectivity index (χ3n) is 4.41. The fourth-order valence-electron chi connectivity index (χ4n) is 3.69. The van der Waals surface area contributed by atoms with Gasteiger partial charge in [-0.1, -0.05) is 24.3 Å². The van der Waals surface area contributed by atoms with Gasteiger partial charge in [0.25, 0.3) is 0 Å². The lowest BCUT2D eigenvalue weighted by atomic mass is 9.50. The number of carbonyl (C=O) groups excluding carboxylic acids is 2. The first kappa shape index (κ1) is 7.85. The van der Waals surface area contributed by atoms with E-state index in [1.807, 2.05) is 0 Å². The van der Waals surface area contributed by atoms with Crippen LogP contribution in [0.3, 0.4) is 0 Å². The Balaban J connectivity index is 1.88. The molecule has 0 aromatic heterocycles. The molecular weight excluding hydrogens is 192 g/mol. The average molecular weight is 202 g/mol. The van der Waals surface area contributed by atoms with Crippen molar-refractivity contribution in [2.45, 2.75) is 0 Å². The van der Waals surface area contributed by atoms with Gasteiger partial charge in [0.1, 0.15) is 0 Å². The van der Waals surface area contributed by atoms with Crippen LogP contribution < -0.4 is 0 Å². The standard InChI is InChI=1S/C12H10O3/c13-11-9-7-3-4-8(6-2-1-5(6)7)10(9)12(14)15-11/h1-10H/t5-,6-,7-,8-,9+,10+/m0/s1. The molecule has 4 aliphatic carbocycles. The van der Waals surface area contributed by atoms with E-state index in [2.05, 4.69) is 24.3 Å². The van der Waals surface area contributed by atoms with Gasteiger partial charge in [-0.2, -0.15) is 0 Å². The Labute approximate surface area is 86.8 Å². The maximum Gasteiger partial charge on any atom is 0.318 e. The van der Waals surface area contributed by atoms with Crippen molar-refractivity contribution < 1.29 is 14.3 Å². The second-order valence-corrected chi connectivity index (χ2v) is 4.87. The van der Waals surface area contributed by atoms with Gasteiger partial charge in [0, 0.05) is 0 Å². The molecule has 6 atom stereocenters. The van der Waals surface area contributed by atoms with Gasteiger partial charge in [-0.25, -0.2) is 0 Å². The lowest BCUT2D eigenvalue weighted by Gasteiger charge is -2.51. The van der Waals surface area contributed by atoms with E-state index < -0.39 is 0 Å². The van der Waals surface area contributed by atoms with Crippen LogP contribution in [0.2, 0.25) is 0 Å². The summed E-state index contributed by atoms with van der Waals surface area (Å²) in [5.41, 5.74) is 0. The topological polar surface area (TPSA) is 43.4 Å². The third kappa shape index (κ3) is 0.715.